The van der Waals surface area contributed by atoms with Crippen molar-refractivity contribution in [2.24, 2.45) is 5.73 Å². The van der Waals surface area contributed by atoms with Crippen molar-refractivity contribution in [3.63, 3.8) is 0 Å². The molecule has 0 saturated carbocycles. The second kappa shape index (κ2) is 4.04. The number of hydrogen-bond acceptors (Lipinski definition) is 4. The number of carbonyl (C=O) groups excluding carboxylic acids is 1. The molecule has 0 aliphatic heterocycles. The third-order valence-corrected chi connectivity index (χ3v) is 2.30. The average molecular weight is 197 g/mol. The van der Waals surface area contributed by atoms with Crippen molar-refractivity contribution in [1.82, 2.24) is 4.98 Å². The number of carbonyl (C=O) groups is 1. The molecule has 0 aliphatic carbocycles. The van der Waals surface area contributed by atoms with Gasteiger partial charge in [0, 0.05) is 6.54 Å². The number of aromatic nitrogens is 1. The Morgan fingerprint density at radius 1 is 1.85 bits per heavy atom. The Labute approximate surface area is 80.5 Å². The molecule has 1 aromatic rings. The van der Waals surface area contributed by atoms with E-state index in [1.54, 1.807) is 6.08 Å². The molecule has 1 aromatic heterocycles. The molecule has 1 heterocycles. The SMILES string of the molecule is C=CCNc1sc(C)nc1C(N)=O. The average Bonchev–Trinajstić information content (AvgIpc) is 2.43. The molecule has 5 heteroatoms. The minimum atomic E-state index is -0.504. The summed E-state index contributed by atoms with van der Waals surface area (Å²) in [5.74, 6) is -0.504. The Balaban J connectivity index is 2.90. The summed E-state index contributed by atoms with van der Waals surface area (Å²) >= 11 is 1.41. The molecule has 1 amide bonds. The lowest BCUT2D eigenvalue weighted by Crippen LogP contribution is -2.14. The fraction of sp³-hybridized carbons (Fsp3) is 0.250. The van der Waals surface area contributed by atoms with Gasteiger partial charge in [-0.15, -0.1) is 17.9 Å². The van der Waals surface area contributed by atoms with E-state index < -0.39 is 5.91 Å². The lowest BCUT2D eigenvalue weighted by Gasteiger charge is -1.99. The number of thiazole rings is 1. The molecule has 0 spiro atoms. The van der Waals surface area contributed by atoms with E-state index in [0.29, 0.717) is 17.2 Å². The monoisotopic (exact) mass is 197 g/mol. The summed E-state index contributed by atoms with van der Waals surface area (Å²) in [7, 11) is 0. The van der Waals surface area contributed by atoms with Gasteiger partial charge in [-0.25, -0.2) is 4.98 Å². The number of aryl methyl sites for hydroxylation is 1. The van der Waals surface area contributed by atoms with Gasteiger partial charge in [0.15, 0.2) is 5.69 Å². The van der Waals surface area contributed by atoms with Crippen LogP contribution in [-0.2, 0) is 0 Å². The van der Waals surface area contributed by atoms with Crippen LogP contribution in [0, 0.1) is 6.92 Å². The molecule has 0 aromatic carbocycles. The summed E-state index contributed by atoms with van der Waals surface area (Å²) in [5.41, 5.74) is 5.45. The predicted molar refractivity (Wildman–Crippen MR) is 54.1 cm³/mol. The summed E-state index contributed by atoms with van der Waals surface area (Å²) in [4.78, 5) is 14.9. The highest BCUT2D eigenvalue weighted by Crippen LogP contribution is 2.23. The Hall–Kier alpha value is -1.36. The molecule has 3 N–H and O–H groups in total. The molecule has 0 unspecified atom stereocenters. The first kappa shape index (κ1) is 9.73. The van der Waals surface area contributed by atoms with Gasteiger partial charge in [-0.2, -0.15) is 0 Å². The molecule has 4 nitrogen and oxygen atoms in total. The first-order valence-corrected chi connectivity index (χ1v) is 4.58. The zero-order chi connectivity index (χ0) is 9.84. The van der Waals surface area contributed by atoms with Gasteiger partial charge < -0.3 is 11.1 Å². The molecule has 0 fully saturated rings. The maximum Gasteiger partial charge on any atom is 0.270 e. The molecule has 0 saturated heterocycles. The van der Waals surface area contributed by atoms with Crippen molar-refractivity contribution >= 4 is 22.2 Å². The van der Waals surface area contributed by atoms with Gasteiger partial charge >= 0.3 is 0 Å². The molecular formula is C8H11N3OS. The highest BCUT2D eigenvalue weighted by Gasteiger charge is 2.12. The topological polar surface area (TPSA) is 68.0 Å². The number of nitrogens with zero attached hydrogens (tertiary/aromatic N) is 1. The number of amides is 1. The molecule has 1 rings (SSSR count). The highest BCUT2D eigenvalue weighted by molar-refractivity contribution is 7.16. The zero-order valence-corrected chi connectivity index (χ0v) is 8.15. The standard InChI is InChI=1S/C8H11N3OS/c1-3-4-10-8-6(7(9)12)11-5(2)13-8/h3,10H,1,4H2,2H3,(H2,9,12). The van der Waals surface area contributed by atoms with E-state index >= 15 is 0 Å². The number of nitrogens with two attached hydrogens (primary N) is 1. The van der Waals surface area contributed by atoms with Gasteiger partial charge in [0.25, 0.3) is 5.91 Å². The number of primary amides is 1. The molecule has 70 valence electrons. The van der Waals surface area contributed by atoms with Crippen LogP contribution in [0.2, 0.25) is 0 Å². The highest BCUT2D eigenvalue weighted by atomic mass is 32.1. The van der Waals surface area contributed by atoms with E-state index in [-0.39, 0.29) is 0 Å². The van der Waals surface area contributed by atoms with Crippen LogP contribution >= 0.6 is 11.3 Å². The van der Waals surface area contributed by atoms with E-state index in [9.17, 15) is 4.79 Å². The second-order valence-electron chi connectivity index (χ2n) is 2.44. The number of rotatable bonds is 4. The molecule has 0 aliphatic rings. The number of anilines is 1. The molecular weight excluding hydrogens is 186 g/mol. The minimum Gasteiger partial charge on any atom is -0.371 e. The first-order chi connectivity index (χ1) is 6.15. The van der Waals surface area contributed by atoms with Crippen LogP contribution < -0.4 is 11.1 Å². The van der Waals surface area contributed by atoms with Gasteiger partial charge in [0.1, 0.15) is 5.00 Å². The fourth-order valence-corrected chi connectivity index (χ4v) is 1.71. The van der Waals surface area contributed by atoms with Crippen molar-refractivity contribution in [2.45, 2.75) is 6.92 Å². The molecule has 13 heavy (non-hydrogen) atoms. The molecule has 0 atom stereocenters. The van der Waals surface area contributed by atoms with Crippen LogP contribution in [0.3, 0.4) is 0 Å². The van der Waals surface area contributed by atoms with Crippen LogP contribution in [0.5, 0.6) is 0 Å². The normalized spacial score (nSPS) is 9.62. The van der Waals surface area contributed by atoms with Crippen molar-refractivity contribution in [3.8, 4) is 0 Å². The molecule has 0 radical (unpaired) electrons. The largest absolute Gasteiger partial charge is 0.371 e. The minimum absolute atomic E-state index is 0.310. The Morgan fingerprint density at radius 2 is 2.54 bits per heavy atom. The lowest BCUT2D eigenvalue weighted by molar-refractivity contribution is 0.0997. The van der Waals surface area contributed by atoms with Gasteiger partial charge in [-0.1, -0.05) is 6.08 Å². The van der Waals surface area contributed by atoms with Gasteiger partial charge in [-0.3, -0.25) is 4.79 Å². The maximum absolute atomic E-state index is 10.9. The Morgan fingerprint density at radius 3 is 3.08 bits per heavy atom. The predicted octanol–water partition coefficient (Wildman–Crippen LogP) is 1.15. The van der Waals surface area contributed by atoms with E-state index in [4.69, 9.17) is 5.73 Å². The third-order valence-electron chi connectivity index (χ3n) is 1.37. The van der Waals surface area contributed by atoms with Gasteiger partial charge in [-0.05, 0) is 6.92 Å². The van der Waals surface area contributed by atoms with Gasteiger partial charge in [0.05, 0.1) is 5.01 Å². The van der Waals surface area contributed by atoms with Crippen molar-refractivity contribution in [2.75, 3.05) is 11.9 Å². The Kier molecular flexibility index (Phi) is 3.02. The lowest BCUT2D eigenvalue weighted by atomic mass is 10.4. The summed E-state index contributed by atoms with van der Waals surface area (Å²) in [6.07, 6.45) is 1.71. The summed E-state index contributed by atoms with van der Waals surface area (Å²) in [6.45, 7) is 5.99. The van der Waals surface area contributed by atoms with Crippen LogP contribution in [-0.4, -0.2) is 17.4 Å². The van der Waals surface area contributed by atoms with Crippen LogP contribution in [0.4, 0.5) is 5.00 Å². The quantitative estimate of drug-likeness (QED) is 0.711. The summed E-state index contributed by atoms with van der Waals surface area (Å²) in [6, 6.07) is 0. The van der Waals surface area contributed by atoms with E-state index in [1.807, 2.05) is 6.92 Å². The van der Waals surface area contributed by atoms with Crippen molar-refractivity contribution < 1.29 is 4.79 Å². The maximum atomic E-state index is 10.9. The van der Waals surface area contributed by atoms with Crippen LogP contribution in [0.15, 0.2) is 12.7 Å². The fourth-order valence-electron chi connectivity index (χ4n) is 0.879. The number of hydrogen-bond donors (Lipinski definition) is 2. The van der Waals surface area contributed by atoms with E-state index in [0.717, 1.165) is 5.01 Å². The van der Waals surface area contributed by atoms with E-state index in [1.165, 1.54) is 11.3 Å². The van der Waals surface area contributed by atoms with Gasteiger partial charge in [0.2, 0.25) is 0 Å². The van der Waals surface area contributed by atoms with Crippen molar-refractivity contribution in [3.05, 3.63) is 23.4 Å². The second-order valence-corrected chi connectivity index (χ2v) is 3.65. The van der Waals surface area contributed by atoms with Crippen LogP contribution in [0.1, 0.15) is 15.5 Å². The van der Waals surface area contributed by atoms with Crippen molar-refractivity contribution in [1.29, 1.82) is 0 Å². The summed E-state index contributed by atoms with van der Waals surface area (Å²) in [5, 5.41) is 4.53. The molecule has 0 bridgehead atoms. The number of nitrogens with one attached hydrogen (secondary N) is 1. The smallest absolute Gasteiger partial charge is 0.270 e. The summed E-state index contributed by atoms with van der Waals surface area (Å²) < 4.78 is 0. The Bertz CT molecular complexity index is 332. The zero-order valence-electron chi connectivity index (χ0n) is 7.33. The third kappa shape index (κ3) is 2.29. The van der Waals surface area contributed by atoms with E-state index in [2.05, 4.69) is 16.9 Å². The van der Waals surface area contributed by atoms with Crippen LogP contribution in [0.25, 0.3) is 0 Å². The first-order valence-electron chi connectivity index (χ1n) is 3.77.